The molecule has 0 atom stereocenters. The van der Waals surface area contributed by atoms with Crippen LogP contribution in [-0.4, -0.2) is 16.1 Å². The minimum Gasteiger partial charge on any atom is -0.379 e. The summed E-state index contributed by atoms with van der Waals surface area (Å²) in [5, 5.41) is 12.9. The van der Waals surface area contributed by atoms with E-state index in [0.717, 1.165) is 22.6 Å². The summed E-state index contributed by atoms with van der Waals surface area (Å²) in [6.45, 7) is 4.19. The zero-order valence-electron chi connectivity index (χ0n) is 10.4. The van der Waals surface area contributed by atoms with E-state index in [1.807, 2.05) is 31.2 Å². The number of carbonyl (C=O) groups excluding carboxylic acids is 1. The van der Waals surface area contributed by atoms with Crippen LogP contribution in [0.15, 0.2) is 30.5 Å². The highest BCUT2D eigenvalue weighted by atomic mass is 16.1. The Morgan fingerprint density at radius 3 is 2.89 bits per heavy atom. The molecular weight excluding hydrogens is 228 g/mol. The van der Waals surface area contributed by atoms with Crippen molar-refractivity contribution in [2.24, 2.45) is 0 Å². The summed E-state index contributed by atoms with van der Waals surface area (Å²) in [5.74, 6) is -0.0710. The number of benzene rings is 1. The summed E-state index contributed by atoms with van der Waals surface area (Å²) in [7, 11) is 0. The van der Waals surface area contributed by atoms with E-state index in [2.05, 4.69) is 20.8 Å². The maximum atomic E-state index is 11.0. The molecule has 0 fully saturated rings. The molecule has 0 spiro atoms. The molecule has 0 saturated carbocycles. The van der Waals surface area contributed by atoms with Crippen LogP contribution in [0.4, 0.5) is 11.4 Å². The number of nitrogens with zero attached hydrogens (tertiary/aromatic N) is 1. The van der Waals surface area contributed by atoms with E-state index in [9.17, 15) is 4.79 Å². The molecule has 0 aliphatic heterocycles. The number of aromatic nitrogens is 2. The van der Waals surface area contributed by atoms with E-state index in [-0.39, 0.29) is 5.91 Å². The van der Waals surface area contributed by atoms with Gasteiger partial charge in [0.05, 0.1) is 12.2 Å². The van der Waals surface area contributed by atoms with Crippen LogP contribution in [0.1, 0.15) is 18.2 Å². The number of aromatic amines is 1. The molecule has 2 rings (SSSR count). The summed E-state index contributed by atoms with van der Waals surface area (Å²) in [6, 6.07) is 7.70. The second-order valence-electron chi connectivity index (χ2n) is 4.15. The predicted molar refractivity (Wildman–Crippen MR) is 71.4 cm³/mol. The molecule has 1 aromatic heterocycles. The fourth-order valence-corrected chi connectivity index (χ4v) is 1.67. The first-order valence-electron chi connectivity index (χ1n) is 5.75. The molecule has 1 amide bonds. The van der Waals surface area contributed by atoms with Crippen LogP contribution >= 0.6 is 0 Å². The smallest absolute Gasteiger partial charge is 0.221 e. The predicted octanol–water partition coefficient (Wildman–Crippen LogP) is 2.29. The number of nitrogens with one attached hydrogen (secondary N) is 3. The lowest BCUT2D eigenvalue weighted by Crippen LogP contribution is -2.07. The van der Waals surface area contributed by atoms with Gasteiger partial charge < -0.3 is 10.6 Å². The Morgan fingerprint density at radius 2 is 2.22 bits per heavy atom. The van der Waals surface area contributed by atoms with Crippen LogP contribution in [0.3, 0.4) is 0 Å². The number of H-pyrrole nitrogens is 1. The van der Waals surface area contributed by atoms with Gasteiger partial charge in [0.15, 0.2) is 0 Å². The van der Waals surface area contributed by atoms with E-state index in [0.29, 0.717) is 6.54 Å². The van der Waals surface area contributed by atoms with E-state index >= 15 is 0 Å². The van der Waals surface area contributed by atoms with E-state index in [1.165, 1.54) is 6.92 Å². The van der Waals surface area contributed by atoms with E-state index in [4.69, 9.17) is 0 Å². The lowest BCUT2D eigenvalue weighted by Gasteiger charge is -2.11. The molecule has 0 aliphatic carbocycles. The van der Waals surface area contributed by atoms with Gasteiger partial charge >= 0.3 is 0 Å². The molecular formula is C13H16N4O. The maximum Gasteiger partial charge on any atom is 0.221 e. The highest BCUT2D eigenvalue weighted by Crippen LogP contribution is 2.20. The molecule has 94 valence electrons. The van der Waals surface area contributed by atoms with Crippen LogP contribution in [0.25, 0.3) is 0 Å². The quantitative estimate of drug-likeness (QED) is 0.772. The minimum atomic E-state index is -0.0710. The summed E-state index contributed by atoms with van der Waals surface area (Å²) < 4.78 is 0. The number of carbonyl (C=O) groups is 1. The lowest BCUT2D eigenvalue weighted by molar-refractivity contribution is -0.114. The molecule has 2 aromatic rings. The van der Waals surface area contributed by atoms with Gasteiger partial charge in [-0.15, -0.1) is 0 Å². The average molecular weight is 244 g/mol. The van der Waals surface area contributed by atoms with Gasteiger partial charge in [-0.3, -0.25) is 9.89 Å². The van der Waals surface area contributed by atoms with Gasteiger partial charge in [-0.25, -0.2) is 0 Å². The fourth-order valence-electron chi connectivity index (χ4n) is 1.67. The van der Waals surface area contributed by atoms with E-state index in [1.54, 1.807) is 6.20 Å². The molecule has 5 heteroatoms. The van der Waals surface area contributed by atoms with Crippen molar-refractivity contribution in [3.63, 3.8) is 0 Å². The Bertz CT molecular complexity index is 534. The molecule has 3 N–H and O–H groups in total. The van der Waals surface area contributed by atoms with Gasteiger partial charge in [0.2, 0.25) is 5.91 Å². The third kappa shape index (κ3) is 3.10. The van der Waals surface area contributed by atoms with Crippen LogP contribution < -0.4 is 10.6 Å². The van der Waals surface area contributed by atoms with Crippen molar-refractivity contribution >= 4 is 17.3 Å². The Morgan fingerprint density at radius 1 is 1.39 bits per heavy atom. The number of hydrogen-bond donors (Lipinski definition) is 3. The van der Waals surface area contributed by atoms with Crippen molar-refractivity contribution in [2.75, 3.05) is 10.6 Å². The molecule has 1 heterocycles. The van der Waals surface area contributed by atoms with Crippen LogP contribution in [0, 0.1) is 6.92 Å². The summed E-state index contributed by atoms with van der Waals surface area (Å²) in [4.78, 5) is 11.0. The number of anilines is 2. The topological polar surface area (TPSA) is 69.8 Å². The van der Waals surface area contributed by atoms with Crippen molar-refractivity contribution in [1.29, 1.82) is 0 Å². The zero-order valence-corrected chi connectivity index (χ0v) is 10.4. The maximum absolute atomic E-state index is 11.0. The number of aryl methyl sites for hydroxylation is 1. The van der Waals surface area contributed by atoms with Gasteiger partial charge in [0, 0.05) is 24.5 Å². The average Bonchev–Trinajstić information content (AvgIpc) is 2.82. The third-order valence-corrected chi connectivity index (χ3v) is 2.59. The normalized spacial score (nSPS) is 10.1. The standard InChI is InChI=1S/C13H16N4O/c1-9-3-4-11(16-10(2)18)7-13(9)14-8-12-5-6-15-17-12/h3-7,14H,8H2,1-2H3,(H,15,17)(H,16,18). The second kappa shape index (κ2) is 5.35. The Balaban J connectivity index is 2.08. The lowest BCUT2D eigenvalue weighted by atomic mass is 10.1. The van der Waals surface area contributed by atoms with Crippen molar-refractivity contribution in [3.05, 3.63) is 41.7 Å². The molecule has 0 bridgehead atoms. The van der Waals surface area contributed by atoms with Gasteiger partial charge in [-0.05, 0) is 30.7 Å². The van der Waals surface area contributed by atoms with Gasteiger partial charge in [-0.1, -0.05) is 6.07 Å². The SMILES string of the molecule is CC(=O)Nc1ccc(C)c(NCc2ccn[nH]2)c1. The van der Waals surface area contributed by atoms with Crippen LogP contribution in [-0.2, 0) is 11.3 Å². The largest absolute Gasteiger partial charge is 0.379 e. The number of hydrogen-bond acceptors (Lipinski definition) is 3. The van der Waals surface area contributed by atoms with Gasteiger partial charge in [0.25, 0.3) is 0 Å². The molecule has 1 aromatic carbocycles. The highest BCUT2D eigenvalue weighted by Gasteiger charge is 2.02. The van der Waals surface area contributed by atoms with Crippen molar-refractivity contribution in [2.45, 2.75) is 20.4 Å². The van der Waals surface area contributed by atoms with Crippen LogP contribution in [0.2, 0.25) is 0 Å². The molecule has 18 heavy (non-hydrogen) atoms. The van der Waals surface area contributed by atoms with E-state index < -0.39 is 0 Å². The summed E-state index contributed by atoms with van der Waals surface area (Å²) in [5.41, 5.74) is 3.93. The van der Waals surface area contributed by atoms with Crippen molar-refractivity contribution in [3.8, 4) is 0 Å². The first-order chi connectivity index (χ1) is 8.65. The number of rotatable bonds is 4. The van der Waals surface area contributed by atoms with Gasteiger partial charge in [0.1, 0.15) is 0 Å². The summed E-state index contributed by atoms with van der Waals surface area (Å²) in [6.07, 6.45) is 1.72. The number of amides is 1. The Kier molecular flexibility index (Phi) is 3.62. The first kappa shape index (κ1) is 12.2. The summed E-state index contributed by atoms with van der Waals surface area (Å²) >= 11 is 0. The molecule has 0 unspecified atom stereocenters. The van der Waals surface area contributed by atoms with Crippen LogP contribution in [0.5, 0.6) is 0 Å². The molecule has 0 saturated heterocycles. The molecule has 0 aliphatic rings. The Labute approximate surface area is 106 Å². The minimum absolute atomic E-state index is 0.0710. The molecule has 5 nitrogen and oxygen atoms in total. The first-order valence-corrected chi connectivity index (χ1v) is 5.75. The van der Waals surface area contributed by atoms with Crippen molar-refractivity contribution in [1.82, 2.24) is 10.2 Å². The van der Waals surface area contributed by atoms with Crippen molar-refractivity contribution < 1.29 is 4.79 Å². The fraction of sp³-hybridized carbons (Fsp3) is 0.231. The monoisotopic (exact) mass is 244 g/mol. The highest BCUT2D eigenvalue weighted by molar-refractivity contribution is 5.89. The second-order valence-corrected chi connectivity index (χ2v) is 4.15. The molecule has 0 radical (unpaired) electrons. The Hall–Kier alpha value is -2.30. The zero-order chi connectivity index (χ0) is 13.0. The third-order valence-electron chi connectivity index (χ3n) is 2.59. The van der Waals surface area contributed by atoms with Gasteiger partial charge in [-0.2, -0.15) is 5.10 Å².